The number of rotatable bonds is 3. The van der Waals surface area contributed by atoms with Crippen molar-refractivity contribution in [3.8, 4) is 0 Å². The van der Waals surface area contributed by atoms with Crippen LogP contribution < -0.4 is 0 Å². The summed E-state index contributed by atoms with van der Waals surface area (Å²) >= 11 is 1.46. The van der Waals surface area contributed by atoms with E-state index in [2.05, 4.69) is 20.5 Å². The largest absolute Gasteiger partial charge is 0.399 e. The van der Waals surface area contributed by atoms with Gasteiger partial charge in [0.25, 0.3) is 0 Å². The molecule has 4 heteroatoms. The summed E-state index contributed by atoms with van der Waals surface area (Å²) in [4.78, 5) is 8.41. The first-order valence-electron chi connectivity index (χ1n) is 2.79. The first-order chi connectivity index (χ1) is 4.93. The second-order valence-electron chi connectivity index (χ2n) is 1.60. The maximum absolute atomic E-state index is 4.47. The zero-order valence-electron chi connectivity index (χ0n) is 5.57. The van der Waals surface area contributed by atoms with Gasteiger partial charge in [-0.2, -0.15) is 0 Å². The Morgan fingerprint density at radius 3 is 3.50 bits per heavy atom. The van der Waals surface area contributed by atoms with Gasteiger partial charge in [-0.25, -0.2) is 4.98 Å². The van der Waals surface area contributed by atoms with Crippen LogP contribution in [0.25, 0.3) is 0 Å². The van der Waals surface area contributed by atoms with Crippen molar-refractivity contribution in [2.24, 2.45) is 5.16 Å². The van der Waals surface area contributed by atoms with Gasteiger partial charge in [-0.05, 0) is 0 Å². The molecule has 0 atom stereocenters. The number of hydrogen-bond donors (Lipinski definition) is 0. The van der Waals surface area contributed by atoms with Crippen LogP contribution in [0.3, 0.4) is 0 Å². The fraction of sp³-hybridized carbons (Fsp3) is 0.333. The van der Waals surface area contributed by atoms with Gasteiger partial charge in [0.15, 0.2) is 5.51 Å². The van der Waals surface area contributed by atoms with Gasteiger partial charge >= 0.3 is 0 Å². The normalized spacial score (nSPS) is 10.5. The lowest BCUT2D eigenvalue weighted by atomic mass is 10.4. The second-order valence-corrected chi connectivity index (χ2v) is 2.26. The molecule has 0 fully saturated rings. The zero-order chi connectivity index (χ0) is 7.23. The van der Waals surface area contributed by atoms with E-state index in [1.54, 1.807) is 6.21 Å². The summed E-state index contributed by atoms with van der Waals surface area (Å²) in [5.41, 5.74) is 3.72. The predicted molar refractivity (Wildman–Crippen MR) is 40.2 cm³/mol. The van der Waals surface area contributed by atoms with Crippen LogP contribution in [0.5, 0.6) is 0 Å². The molecule has 1 aromatic rings. The third-order valence-corrected chi connectivity index (χ3v) is 1.50. The van der Waals surface area contributed by atoms with Crippen molar-refractivity contribution in [1.29, 1.82) is 0 Å². The fourth-order valence-electron chi connectivity index (χ4n) is 0.505. The van der Waals surface area contributed by atoms with Crippen molar-refractivity contribution in [1.82, 2.24) is 4.98 Å². The van der Waals surface area contributed by atoms with E-state index < -0.39 is 0 Å². The van der Waals surface area contributed by atoms with E-state index in [4.69, 9.17) is 0 Å². The average Bonchev–Trinajstić information content (AvgIpc) is 2.41. The lowest BCUT2D eigenvalue weighted by Gasteiger charge is -1.84. The number of aromatic nitrogens is 1. The van der Waals surface area contributed by atoms with E-state index in [1.165, 1.54) is 18.4 Å². The summed E-state index contributed by atoms with van der Waals surface area (Å²) in [6.45, 7) is 0. The molecule has 1 radical (unpaired) electrons. The molecule has 0 bridgehead atoms. The minimum Gasteiger partial charge on any atom is -0.399 e. The molecule has 0 N–H and O–H groups in total. The van der Waals surface area contributed by atoms with Crippen LogP contribution >= 0.6 is 11.3 Å². The number of hydrogen-bond acceptors (Lipinski definition) is 4. The topological polar surface area (TPSA) is 34.5 Å². The van der Waals surface area contributed by atoms with Crippen molar-refractivity contribution in [3.63, 3.8) is 0 Å². The number of nitrogens with zero attached hydrogens (tertiary/aromatic N) is 2. The van der Waals surface area contributed by atoms with E-state index in [0.717, 1.165) is 5.69 Å². The maximum Gasteiger partial charge on any atom is 0.152 e. The molecule has 10 heavy (non-hydrogen) atoms. The van der Waals surface area contributed by atoms with Crippen LogP contribution in [0.4, 0.5) is 0 Å². The molecule has 0 aliphatic carbocycles. The van der Waals surface area contributed by atoms with Crippen molar-refractivity contribution < 1.29 is 4.84 Å². The Bertz CT molecular complexity index is 196. The molecule has 0 aliphatic rings. The highest BCUT2D eigenvalue weighted by atomic mass is 32.1. The Hall–Kier alpha value is -0.900. The smallest absolute Gasteiger partial charge is 0.152 e. The molecule has 0 unspecified atom stereocenters. The minimum atomic E-state index is 0.716. The van der Waals surface area contributed by atoms with Crippen molar-refractivity contribution in [2.75, 3.05) is 7.11 Å². The van der Waals surface area contributed by atoms with Crippen LogP contribution in [-0.4, -0.2) is 18.3 Å². The molecule has 1 rings (SSSR count). The van der Waals surface area contributed by atoms with E-state index in [0.29, 0.717) is 6.42 Å². The number of thiazole rings is 1. The molecular formula is C6H7N2OS. The van der Waals surface area contributed by atoms with Gasteiger partial charge in [-0.3, -0.25) is 0 Å². The summed E-state index contributed by atoms with van der Waals surface area (Å²) in [6.07, 6.45) is 2.39. The zero-order valence-corrected chi connectivity index (χ0v) is 6.39. The monoisotopic (exact) mass is 155 g/mol. The van der Waals surface area contributed by atoms with Gasteiger partial charge in [0.05, 0.1) is 5.69 Å². The molecule has 0 amide bonds. The summed E-state index contributed by atoms with van der Waals surface area (Å²) in [7, 11) is 1.52. The van der Waals surface area contributed by atoms with Gasteiger partial charge in [0.2, 0.25) is 0 Å². The quantitative estimate of drug-likeness (QED) is 0.484. The molecule has 0 saturated heterocycles. The Morgan fingerprint density at radius 2 is 2.90 bits per heavy atom. The van der Waals surface area contributed by atoms with Gasteiger partial charge in [0, 0.05) is 18.0 Å². The molecule has 0 saturated carbocycles. The molecule has 0 aliphatic heterocycles. The summed E-state index contributed by atoms with van der Waals surface area (Å²) in [5.74, 6) is 0. The standard InChI is InChI=1S/C6H7N2OS/c1-9-8-3-2-6-4-10-5-7-6/h3-4H,2H2,1H3. The van der Waals surface area contributed by atoms with Crippen molar-refractivity contribution in [2.45, 2.75) is 6.42 Å². The Morgan fingerprint density at radius 1 is 2.00 bits per heavy atom. The Balaban J connectivity index is 2.34. The summed E-state index contributed by atoms with van der Waals surface area (Å²) in [6, 6.07) is 0. The van der Waals surface area contributed by atoms with Crippen LogP contribution in [-0.2, 0) is 11.3 Å². The molecule has 0 spiro atoms. The van der Waals surface area contributed by atoms with Crippen LogP contribution in [0, 0.1) is 5.51 Å². The third-order valence-electron chi connectivity index (χ3n) is 0.917. The molecule has 0 aromatic carbocycles. The highest BCUT2D eigenvalue weighted by Crippen LogP contribution is 1.98. The molecule has 3 nitrogen and oxygen atoms in total. The van der Waals surface area contributed by atoms with Gasteiger partial charge < -0.3 is 4.84 Å². The first kappa shape index (κ1) is 7.21. The van der Waals surface area contributed by atoms with Gasteiger partial charge in [-0.1, -0.05) is 5.16 Å². The van der Waals surface area contributed by atoms with Crippen molar-refractivity contribution >= 4 is 17.6 Å². The average molecular weight is 155 g/mol. The molecule has 1 aromatic heterocycles. The van der Waals surface area contributed by atoms with Gasteiger partial charge in [-0.15, -0.1) is 11.3 Å². The van der Waals surface area contributed by atoms with Crippen LogP contribution in [0.1, 0.15) is 5.69 Å². The summed E-state index contributed by atoms with van der Waals surface area (Å²) in [5, 5.41) is 5.50. The van der Waals surface area contributed by atoms with Crippen LogP contribution in [0.2, 0.25) is 0 Å². The maximum atomic E-state index is 4.47. The highest BCUT2D eigenvalue weighted by Gasteiger charge is 1.89. The van der Waals surface area contributed by atoms with Crippen LogP contribution in [0.15, 0.2) is 10.5 Å². The van der Waals surface area contributed by atoms with E-state index in [1.807, 2.05) is 5.38 Å². The Kier molecular flexibility index (Phi) is 2.89. The first-order valence-corrected chi connectivity index (χ1v) is 3.67. The lowest BCUT2D eigenvalue weighted by Crippen LogP contribution is -1.85. The third kappa shape index (κ3) is 2.14. The van der Waals surface area contributed by atoms with Crippen molar-refractivity contribution in [3.05, 3.63) is 16.6 Å². The molecule has 53 valence electrons. The predicted octanol–water partition coefficient (Wildman–Crippen LogP) is 1.12. The molecular weight excluding hydrogens is 148 g/mol. The number of oxime groups is 1. The Labute approximate surface area is 63.3 Å². The SMILES string of the molecule is CON=CCc1cs[c]n1. The fourth-order valence-corrected chi connectivity index (χ4v) is 1.01. The van der Waals surface area contributed by atoms with E-state index >= 15 is 0 Å². The second kappa shape index (κ2) is 4.00. The summed E-state index contributed by atoms with van der Waals surface area (Å²) < 4.78 is 0. The van der Waals surface area contributed by atoms with Gasteiger partial charge in [0.1, 0.15) is 7.11 Å². The molecule has 1 heterocycles. The van der Waals surface area contributed by atoms with E-state index in [9.17, 15) is 0 Å². The minimum absolute atomic E-state index is 0.716. The lowest BCUT2D eigenvalue weighted by molar-refractivity contribution is 0.215. The van der Waals surface area contributed by atoms with E-state index in [-0.39, 0.29) is 0 Å². The highest BCUT2D eigenvalue weighted by molar-refractivity contribution is 7.07.